The summed E-state index contributed by atoms with van der Waals surface area (Å²) in [5, 5.41) is 0. The standard InChI is InChI=1S/C35H58NO6P/c1-3-5-6-7-8-9-10-11-12-13-14-15-16-17-18-25-31-39-35(36-28-23-20-24-29-36,33-42-43(37,38)41-30-4-2)40-32-34-26-21-19-22-27-34/h19-24,26-29H,3-18,25,30-33H2,1-2H3/p+1/t35-/m1/s1. The number of unbranched alkanes of at least 4 members (excludes halogenated alkanes) is 15. The van der Waals surface area contributed by atoms with Crippen LogP contribution in [0.1, 0.15) is 129 Å². The van der Waals surface area contributed by atoms with Gasteiger partial charge in [-0.15, -0.1) is 4.57 Å². The van der Waals surface area contributed by atoms with Crippen LogP contribution < -0.4 is 4.57 Å². The smallest absolute Gasteiger partial charge is 0.302 e. The summed E-state index contributed by atoms with van der Waals surface area (Å²) in [7, 11) is -4.27. The maximum absolute atomic E-state index is 12.5. The molecule has 0 saturated carbocycles. The average molecular weight is 621 g/mol. The van der Waals surface area contributed by atoms with E-state index in [2.05, 4.69) is 6.92 Å². The Morgan fingerprint density at radius 1 is 0.628 bits per heavy atom. The lowest BCUT2D eigenvalue weighted by atomic mass is 10.0. The minimum atomic E-state index is -4.27. The summed E-state index contributed by atoms with van der Waals surface area (Å²) in [6.45, 7) is 4.65. The van der Waals surface area contributed by atoms with E-state index < -0.39 is 13.7 Å². The SMILES string of the molecule is CCCCCCCCCCCCCCCCCCO[C@](COP(=O)(O)OCCC)(OCc1ccccc1)[n+]1ccccc1. The van der Waals surface area contributed by atoms with E-state index >= 15 is 0 Å². The van der Waals surface area contributed by atoms with Crippen LogP contribution in [-0.2, 0) is 35.6 Å². The molecule has 1 aromatic carbocycles. The van der Waals surface area contributed by atoms with Crippen molar-refractivity contribution in [1.82, 2.24) is 0 Å². The lowest BCUT2D eigenvalue weighted by Crippen LogP contribution is -2.62. The lowest BCUT2D eigenvalue weighted by Gasteiger charge is -2.28. The second kappa shape index (κ2) is 23.7. The first kappa shape index (κ1) is 37.6. The van der Waals surface area contributed by atoms with Crippen molar-refractivity contribution in [1.29, 1.82) is 0 Å². The molecule has 0 saturated heterocycles. The van der Waals surface area contributed by atoms with E-state index in [1.54, 1.807) is 4.57 Å². The van der Waals surface area contributed by atoms with E-state index in [9.17, 15) is 9.46 Å². The zero-order valence-electron chi connectivity index (χ0n) is 27.0. The van der Waals surface area contributed by atoms with Crippen molar-refractivity contribution in [3.8, 4) is 0 Å². The fraction of sp³-hybridized carbons (Fsp3) is 0.686. The normalized spacial score (nSPS) is 14.4. The van der Waals surface area contributed by atoms with Crippen LogP contribution in [0.25, 0.3) is 0 Å². The summed E-state index contributed by atoms with van der Waals surface area (Å²) in [6, 6.07) is 15.4. The molecule has 0 radical (unpaired) electrons. The van der Waals surface area contributed by atoms with Crippen molar-refractivity contribution < 1.29 is 32.5 Å². The molecule has 0 fully saturated rings. The summed E-state index contributed by atoms with van der Waals surface area (Å²) in [5.41, 5.74) is 0.962. The fourth-order valence-corrected chi connectivity index (χ4v) is 5.85. The minimum Gasteiger partial charge on any atom is -0.302 e. The van der Waals surface area contributed by atoms with Crippen LogP contribution in [0.2, 0.25) is 0 Å². The Morgan fingerprint density at radius 2 is 1.14 bits per heavy atom. The lowest BCUT2D eigenvalue weighted by molar-refractivity contribution is -0.860. The number of phosphoric ester groups is 1. The zero-order valence-corrected chi connectivity index (χ0v) is 27.9. The molecule has 2 atom stereocenters. The quantitative estimate of drug-likeness (QED) is 0.0442. The third-order valence-corrected chi connectivity index (χ3v) is 8.57. The van der Waals surface area contributed by atoms with Crippen molar-refractivity contribution in [3.63, 3.8) is 0 Å². The van der Waals surface area contributed by atoms with Gasteiger partial charge < -0.3 is 4.89 Å². The molecule has 1 unspecified atom stereocenters. The topological polar surface area (TPSA) is 78.1 Å². The number of hydrogen-bond donors (Lipinski definition) is 1. The Morgan fingerprint density at radius 3 is 1.67 bits per heavy atom. The highest BCUT2D eigenvalue weighted by molar-refractivity contribution is 7.47. The van der Waals surface area contributed by atoms with Gasteiger partial charge in [0.15, 0.2) is 19.0 Å². The average Bonchev–Trinajstić information content (AvgIpc) is 3.03. The first-order chi connectivity index (χ1) is 21.0. The number of nitrogens with zero attached hydrogens (tertiary/aromatic N) is 1. The van der Waals surface area contributed by atoms with Gasteiger partial charge in [-0.3, -0.25) is 18.5 Å². The number of pyridine rings is 1. The highest BCUT2D eigenvalue weighted by atomic mass is 31.2. The number of benzene rings is 1. The van der Waals surface area contributed by atoms with E-state index in [1.807, 2.05) is 67.8 Å². The molecule has 2 rings (SSSR count). The predicted octanol–water partition coefficient (Wildman–Crippen LogP) is 9.62. The minimum absolute atomic E-state index is 0.129. The Kier molecular flexibility index (Phi) is 20.7. The maximum atomic E-state index is 12.5. The van der Waals surface area contributed by atoms with Crippen LogP contribution in [0.3, 0.4) is 0 Å². The zero-order chi connectivity index (χ0) is 30.9. The van der Waals surface area contributed by atoms with E-state index in [4.69, 9.17) is 18.5 Å². The third kappa shape index (κ3) is 17.5. The Labute approximate surface area is 261 Å². The van der Waals surface area contributed by atoms with Gasteiger partial charge in [0.05, 0.1) is 19.8 Å². The van der Waals surface area contributed by atoms with Crippen molar-refractivity contribution in [3.05, 3.63) is 66.5 Å². The van der Waals surface area contributed by atoms with Crippen molar-refractivity contribution in [2.45, 2.75) is 136 Å². The first-order valence-electron chi connectivity index (χ1n) is 16.9. The molecule has 244 valence electrons. The van der Waals surface area contributed by atoms with Gasteiger partial charge in [0.2, 0.25) is 0 Å². The van der Waals surface area contributed by atoms with Gasteiger partial charge in [0.1, 0.15) is 0 Å². The summed E-state index contributed by atoms with van der Waals surface area (Å²) in [6.07, 6.45) is 25.1. The molecule has 0 bridgehead atoms. The van der Waals surface area contributed by atoms with Gasteiger partial charge in [-0.25, -0.2) is 4.57 Å². The molecule has 0 aliphatic heterocycles. The summed E-state index contributed by atoms with van der Waals surface area (Å²) >= 11 is 0. The van der Waals surface area contributed by atoms with Crippen LogP contribution in [-0.4, -0.2) is 24.7 Å². The molecule has 0 aliphatic rings. The number of ether oxygens (including phenoxy) is 2. The van der Waals surface area contributed by atoms with Crippen molar-refractivity contribution >= 4 is 7.82 Å². The Hall–Kier alpha value is -1.60. The summed E-state index contributed by atoms with van der Waals surface area (Å²) in [5.74, 6) is -1.43. The molecule has 1 N–H and O–H groups in total. The van der Waals surface area contributed by atoms with Gasteiger partial charge in [0.25, 0.3) is 0 Å². The van der Waals surface area contributed by atoms with Crippen molar-refractivity contribution in [2.24, 2.45) is 0 Å². The van der Waals surface area contributed by atoms with Crippen LogP contribution >= 0.6 is 7.82 Å². The monoisotopic (exact) mass is 620 g/mol. The van der Waals surface area contributed by atoms with Crippen LogP contribution in [0.15, 0.2) is 60.9 Å². The van der Waals surface area contributed by atoms with Gasteiger partial charge in [-0.1, -0.05) is 147 Å². The Balaban J connectivity index is 1.78. The predicted molar refractivity (Wildman–Crippen MR) is 173 cm³/mol. The third-order valence-electron chi connectivity index (χ3n) is 7.61. The number of aromatic nitrogens is 1. The van der Waals surface area contributed by atoms with E-state index in [0.717, 1.165) is 18.4 Å². The molecule has 0 amide bonds. The van der Waals surface area contributed by atoms with E-state index in [1.165, 1.54) is 89.9 Å². The number of hydrogen-bond acceptors (Lipinski definition) is 5. The molecular formula is C35H59NO6P+. The highest BCUT2D eigenvalue weighted by Crippen LogP contribution is 2.44. The molecule has 2 aromatic rings. The van der Waals surface area contributed by atoms with Crippen LogP contribution in [0, 0.1) is 0 Å². The second-order valence-electron chi connectivity index (χ2n) is 11.5. The number of rotatable bonds is 28. The molecule has 0 spiro atoms. The van der Waals surface area contributed by atoms with Crippen LogP contribution in [0.4, 0.5) is 0 Å². The first-order valence-corrected chi connectivity index (χ1v) is 18.4. The van der Waals surface area contributed by atoms with Gasteiger partial charge >= 0.3 is 13.7 Å². The van der Waals surface area contributed by atoms with Crippen molar-refractivity contribution in [2.75, 3.05) is 19.8 Å². The van der Waals surface area contributed by atoms with Gasteiger partial charge in [-0.05, 0) is 18.4 Å². The largest absolute Gasteiger partial charge is 0.472 e. The highest BCUT2D eigenvalue weighted by Gasteiger charge is 2.46. The van der Waals surface area contributed by atoms with E-state index in [-0.39, 0.29) is 19.8 Å². The molecule has 43 heavy (non-hydrogen) atoms. The second-order valence-corrected chi connectivity index (χ2v) is 13.0. The van der Waals surface area contributed by atoms with E-state index in [0.29, 0.717) is 13.0 Å². The molecule has 8 heteroatoms. The molecular weight excluding hydrogens is 561 g/mol. The number of phosphoric acid groups is 1. The summed E-state index contributed by atoms with van der Waals surface area (Å²) < 4.78 is 37.6. The molecule has 7 nitrogen and oxygen atoms in total. The molecule has 0 aliphatic carbocycles. The van der Waals surface area contributed by atoms with Crippen LogP contribution in [0.5, 0.6) is 0 Å². The van der Waals surface area contributed by atoms with Gasteiger partial charge in [-0.2, -0.15) is 0 Å². The maximum Gasteiger partial charge on any atom is 0.472 e. The fourth-order valence-electron chi connectivity index (χ4n) is 5.03. The summed E-state index contributed by atoms with van der Waals surface area (Å²) in [4.78, 5) is 10.3. The van der Waals surface area contributed by atoms with Gasteiger partial charge in [0, 0.05) is 12.1 Å². The molecule has 1 heterocycles. The Bertz CT molecular complexity index is 963. The molecule has 1 aromatic heterocycles.